The van der Waals surface area contributed by atoms with Crippen molar-refractivity contribution in [1.82, 2.24) is 44.9 Å². The van der Waals surface area contributed by atoms with E-state index < -0.39 is 0 Å². The van der Waals surface area contributed by atoms with Crippen molar-refractivity contribution in [3.8, 4) is 135 Å². The van der Waals surface area contributed by atoms with Crippen LogP contribution in [-0.2, 0) is 0 Å². The van der Waals surface area contributed by atoms with E-state index >= 15 is 0 Å². The zero-order valence-electron chi connectivity index (χ0n) is 68.3. The fourth-order valence-corrected chi connectivity index (χ4v) is 17.4. The van der Waals surface area contributed by atoms with Gasteiger partial charge in [0, 0.05) is 102 Å². The molecule has 126 heavy (non-hydrogen) atoms. The summed E-state index contributed by atoms with van der Waals surface area (Å²) in [5.74, 6) is 2.13. The molecule has 0 bridgehead atoms. The molecule has 0 amide bonds. The Morgan fingerprint density at radius 2 is 0.397 bits per heavy atom. The van der Waals surface area contributed by atoms with Crippen LogP contribution in [0.3, 0.4) is 0 Å². The van der Waals surface area contributed by atoms with Gasteiger partial charge in [0.05, 0.1) is 51.2 Å². The van der Waals surface area contributed by atoms with Crippen molar-refractivity contribution in [3.05, 3.63) is 455 Å². The standard InChI is InChI=1S/C47H29N3.C39H25N3.C31H21N3/c1-6-16-37-30(11-1)25-26-48-46(37)32-23-21-31(22-24-32)44-29-45(42-27-33-12-2-4-14-35(33)38-17-7-9-19-40(38)42)50-47(49-44)43-28-34-13-3-5-15-36(34)39-18-8-10-20-41(39)43;1-3-10-31-23-33(19-13-26(31)7-1)37-25-36(41-39(42-37)34-20-14-27-8-2-4-11-32(27)24-34)29-15-17-30(18-16-29)38-35-12-6-5-9-28(35)21-22-40-38;1-3-10-23(11-4-1)28-21-29(34-31(33-28)26-12-5-2-6-13-26)24-15-17-25(18-16-24)30-27-14-8-7-9-22(27)19-20-32-30/h1-29H;1-25H;1-21H. The molecular weight excluding hydrogens is 1530 g/mol. The molecule has 24 rings (SSSR count). The Morgan fingerprint density at radius 3 is 0.833 bits per heavy atom. The summed E-state index contributed by atoms with van der Waals surface area (Å²) in [4.78, 5) is 44.8. The van der Waals surface area contributed by atoms with Gasteiger partial charge in [-0.25, -0.2) is 29.9 Å². The molecule has 9 heteroatoms. The van der Waals surface area contributed by atoms with Crippen molar-refractivity contribution in [2.24, 2.45) is 0 Å². The van der Waals surface area contributed by atoms with Crippen LogP contribution in [0.4, 0.5) is 0 Å². The van der Waals surface area contributed by atoms with Gasteiger partial charge in [0.1, 0.15) is 0 Å². The van der Waals surface area contributed by atoms with E-state index in [0.29, 0.717) is 11.6 Å². The number of hydrogen-bond donors (Lipinski definition) is 0. The average Bonchev–Trinajstić information content (AvgIpc) is 0.744. The molecule has 0 aliphatic heterocycles. The first-order chi connectivity index (χ1) is 62.4. The van der Waals surface area contributed by atoms with Gasteiger partial charge in [0.15, 0.2) is 17.5 Å². The minimum absolute atomic E-state index is 0.705. The molecule has 588 valence electrons. The van der Waals surface area contributed by atoms with E-state index in [1.165, 1.54) is 75.4 Å². The van der Waals surface area contributed by atoms with Crippen LogP contribution in [0.1, 0.15) is 0 Å². The Labute approximate surface area is 727 Å². The first kappa shape index (κ1) is 75.2. The maximum Gasteiger partial charge on any atom is 0.161 e. The second-order valence-electron chi connectivity index (χ2n) is 31.5. The lowest BCUT2D eigenvalue weighted by atomic mass is 9.94. The molecule has 24 aromatic rings. The third kappa shape index (κ3) is 14.9. The number of fused-ring (bicyclic) bond motifs is 11. The SMILES string of the molecule is c1ccc(-c2cc(-c3ccc(-c4nccc5ccccc45)cc3)nc(-c3ccccc3)n2)cc1.c1ccc2c(-c3ccc(-c4cc(-c5cc6ccccc6c6ccccc56)nc(-c5cc6ccccc6c6ccccc56)n4)cc3)nccc2c1.c1ccc2cc(-c3cc(-c4ccc(-c5nccc6ccccc56)cc4)nc(-c4ccc5ccccc5c4)n3)ccc2c1. The maximum absolute atomic E-state index is 5.39. The quantitative estimate of drug-likeness (QED) is 0.110. The zero-order valence-corrected chi connectivity index (χ0v) is 68.3. The highest BCUT2D eigenvalue weighted by Crippen LogP contribution is 2.42. The summed E-state index contributed by atoms with van der Waals surface area (Å²) >= 11 is 0. The summed E-state index contributed by atoms with van der Waals surface area (Å²) in [6.45, 7) is 0. The minimum Gasteiger partial charge on any atom is -0.256 e. The van der Waals surface area contributed by atoms with Crippen molar-refractivity contribution >= 4 is 97.0 Å². The molecule has 6 heterocycles. The van der Waals surface area contributed by atoms with E-state index in [9.17, 15) is 0 Å². The summed E-state index contributed by atoms with van der Waals surface area (Å²) in [6, 6.07) is 152. The second-order valence-corrected chi connectivity index (χ2v) is 31.5. The third-order valence-corrected chi connectivity index (χ3v) is 23.8. The maximum atomic E-state index is 5.39. The highest BCUT2D eigenvalue weighted by Gasteiger charge is 2.21. The van der Waals surface area contributed by atoms with E-state index in [2.05, 4.69) is 387 Å². The van der Waals surface area contributed by atoms with E-state index in [1.807, 2.05) is 73.2 Å². The largest absolute Gasteiger partial charge is 0.256 e. The van der Waals surface area contributed by atoms with Crippen LogP contribution in [0.15, 0.2) is 455 Å². The van der Waals surface area contributed by atoms with Crippen LogP contribution >= 0.6 is 0 Å². The third-order valence-electron chi connectivity index (χ3n) is 23.8. The molecule has 9 nitrogen and oxygen atoms in total. The second kappa shape index (κ2) is 33.2. The summed E-state index contributed by atoms with van der Waals surface area (Å²) in [6.07, 6.45) is 5.63. The summed E-state index contributed by atoms with van der Waals surface area (Å²) < 4.78 is 0. The van der Waals surface area contributed by atoms with Crippen LogP contribution in [-0.4, -0.2) is 44.9 Å². The Bertz CT molecular complexity index is 7960. The first-order valence-electron chi connectivity index (χ1n) is 42.3. The van der Waals surface area contributed by atoms with Gasteiger partial charge in [0.25, 0.3) is 0 Å². The average molecular weight is 1610 g/mol. The predicted molar refractivity (Wildman–Crippen MR) is 522 cm³/mol. The summed E-state index contributed by atoms with van der Waals surface area (Å²) in [7, 11) is 0. The van der Waals surface area contributed by atoms with E-state index in [4.69, 9.17) is 39.9 Å². The molecule has 0 aliphatic rings. The molecule has 0 N–H and O–H groups in total. The smallest absolute Gasteiger partial charge is 0.161 e. The van der Waals surface area contributed by atoms with E-state index in [1.54, 1.807) is 0 Å². The van der Waals surface area contributed by atoms with Gasteiger partial charge in [-0.15, -0.1) is 0 Å². The number of rotatable bonds is 12. The lowest BCUT2D eigenvalue weighted by Crippen LogP contribution is -1.98. The summed E-state index contributed by atoms with van der Waals surface area (Å²) in [5.41, 5.74) is 20.9. The molecule has 0 saturated heterocycles. The van der Waals surface area contributed by atoms with Gasteiger partial charge < -0.3 is 0 Å². The summed E-state index contributed by atoms with van der Waals surface area (Å²) in [5, 5.41) is 21.3. The fraction of sp³-hybridized carbons (Fsp3) is 0. The highest BCUT2D eigenvalue weighted by atomic mass is 14.9. The van der Waals surface area contributed by atoms with Crippen LogP contribution in [0.5, 0.6) is 0 Å². The van der Waals surface area contributed by atoms with E-state index in [-0.39, 0.29) is 0 Å². The van der Waals surface area contributed by atoms with Gasteiger partial charge in [0.2, 0.25) is 0 Å². The monoisotopic (exact) mass is 1610 g/mol. The fourth-order valence-electron chi connectivity index (χ4n) is 17.4. The first-order valence-corrected chi connectivity index (χ1v) is 42.3. The van der Waals surface area contributed by atoms with Crippen molar-refractivity contribution in [2.75, 3.05) is 0 Å². The van der Waals surface area contributed by atoms with Crippen molar-refractivity contribution in [1.29, 1.82) is 0 Å². The molecule has 0 spiro atoms. The number of benzene rings is 18. The van der Waals surface area contributed by atoms with Gasteiger partial charge >= 0.3 is 0 Å². The Kier molecular flexibility index (Phi) is 19.8. The molecule has 18 aromatic carbocycles. The number of nitrogens with zero attached hydrogens (tertiary/aromatic N) is 9. The number of aromatic nitrogens is 9. The van der Waals surface area contributed by atoms with Crippen molar-refractivity contribution in [3.63, 3.8) is 0 Å². The lowest BCUT2D eigenvalue weighted by Gasteiger charge is -2.15. The Morgan fingerprint density at radius 1 is 0.127 bits per heavy atom. The lowest BCUT2D eigenvalue weighted by molar-refractivity contribution is 1.18. The van der Waals surface area contributed by atoms with Crippen LogP contribution in [0.25, 0.3) is 232 Å². The van der Waals surface area contributed by atoms with Gasteiger partial charge in [-0.05, 0) is 141 Å². The van der Waals surface area contributed by atoms with Crippen LogP contribution in [0, 0.1) is 0 Å². The highest BCUT2D eigenvalue weighted by molar-refractivity contribution is 6.15. The zero-order chi connectivity index (χ0) is 83.6. The minimum atomic E-state index is 0.705. The van der Waals surface area contributed by atoms with Crippen LogP contribution in [0.2, 0.25) is 0 Å². The predicted octanol–water partition coefficient (Wildman–Crippen LogP) is 30.0. The molecule has 0 fully saturated rings. The molecule has 6 aromatic heterocycles. The topological polar surface area (TPSA) is 116 Å². The van der Waals surface area contributed by atoms with Crippen molar-refractivity contribution < 1.29 is 0 Å². The van der Waals surface area contributed by atoms with E-state index in [0.717, 1.165) is 145 Å². The Balaban J connectivity index is 0.000000114. The molecule has 0 atom stereocenters. The molecule has 0 radical (unpaired) electrons. The van der Waals surface area contributed by atoms with Gasteiger partial charge in [-0.1, -0.05) is 376 Å². The normalized spacial score (nSPS) is 11.3. The molecule has 0 saturated carbocycles. The molecule has 0 unspecified atom stereocenters. The number of pyridine rings is 3. The Hall–Kier alpha value is -17.0. The van der Waals surface area contributed by atoms with Crippen molar-refractivity contribution in [2.45, 2.75) is 0 Å². The van der Waals surface area contributed by atoms with Gasteiger partial charge in [-0.3, -0.25) is 15.0 Å². The number of hydrogen-bond acceptors (Lipinski definition) is 9. The van der Waals surface area contributed by atoms with Crippen LogP contribution < -0.4 is 0 Å². The molecular formula is C117H75N9. The van der Waals surface area contributed by atoms with Gasteiger partial charge in [-0.2, -0.15) is 0 Å². The molecule has 0 aliphatic carbocycles.